The molecular formula is C20H30O2. The SMILES string of the molecule is CC[C@]1(C)c2ccc(C(C)C)cc2CC[C@H]1C(C)(C)C(=O)O. The number of aryl methyl sites for hydroxylation is 1. The van der Waals surface area contributed by atoms with E-state index in [1.807, 2.05) is 13.8 Å². The summed E-state index contributed by atoms with van der Waals surface area (Å²) in [7, 11) is 0. The Hall–Kier alpha value is -1.31. The molecule has 2 atom stereocenters. The molecule has 2 nitrogen and oxygen atoms in total. The van der Waals surface area contributed by atoms with Crippen LogP contribution in [0.3, 0.4) is 0 Å². The van der Waals surface area contributed by atoms with Crippen molar-refractivity contribution in [1.29, 1.82) is 0 Å². The van der Waals surface area contributed by atoms with Gasteiger partial charge >= 0.3 is 5.97 Å². The highest BCUT2D eigenvalue weighted by Gasteiger charge is 2.49. The lowest BCUT2D eigenvalue weighted by atomic mass is 9.55. The van der Waals surface area contributed by atoms with Gasteiger partial charge in [-0.15, -0.1) is 0 Å². The van der Waals surface area contributed by atoms with Gasteiger partial charge in [0.1, 0.15) is 0 Å². The van der Waals surface area contributed by atoms with Gasteiger partial charge in [-0.05, 0) is 67.1 Å². The molecular weight excluding hydrogens is 272 g/mol. The number of carboxylic acids is 1. The molecule has 0 aliphatic heterocycles. The van der Waals surface area contributed by atoms with Crippen LogP contribution in [0.1, 0.15) is 77.0 Å². The molecule has 0 radical (unpaired) electrons. The molecule has 0 unspecified atom stereocenters. The first kappa shape index (κ1) is 17.1. The average molecular weight is 302 g/mol. The highest BCUT2D eigenvalue weighted by molar-refractivity contribution is 5.74. The van der Waals surface area contributed by atoms with Crippen molar-refractivity contribution in [2.75, 3.05) is 0 Å². The summed E-state index contributed by atoms with van der Waals surface area (Å²) in [5, 5.41) is 9.69. The van der Waals surface area contributed by atoms with Crippen LogP contribution in [0.2, 0.25) is 0 Å². The maximum atomic E-state index is 11.8. The van der Waals surface area contributed by atoms with Gasteiger partial charge < -0.3 is 5.11 Å². The van der Waals surface area contributed by atoms with E-state index < -0.39 is 11.4 Å². The Labute approximate surface area is 134 Å². The summed E-state index contributed by atoms with van der Waals surface area (Å²) in [6, 6.07) is 6.84. The minimum atomic E-state index is -0.695. The van der Waals surface area contributed by atoms with E-state index in [9.17, 15) is 9.90 Å². The van der Waals surface area contributed by atoms with Gasteiger partial charge in [0.15, 0.2) is 0 Å². The predicted molar refractivity (Wildman–Crippen MR) is 91.4 cm³/mol. The van der Waals surface area contributed by atoms with Gasteiger partial charge in [-0.25, -0.2) is 0 Å². The van der Waals surface area contributed by atoms with Gasteiger partial charge in [-0.2, -0.15) is 0 Å². The van der Waals surface area contributed by atoms with E-state index in [2.05, 4.69) is 45.9 Å². The van der Waals surface area contributed by atoms with Gasteiger partial charge in [0.2, 0.25) is 0 Å². The van der Waals surface area contributed by atoms with Crippen molar-refractivity contribution in [3.63, 3.8) is 0 Å². The molecule has 1 aromatic carbocycles. The summed E-state index contributed by atoms with van der Waals surface area (Å²) < 4.78 is 0. The number of benzene rings is 1. The Morgan fingerprint density at radius 2 is 2.05 bits per heavy atom. The van der Waals surface area contributed by atoms with Crippen LogP contribution < -0.4 is 0 Å². The Kier molecular flexibility index (Phi) is 4.43. The van der Waals surface area contributed by atoms with Crippen LogP contribution in [0, 0.1) is 11.3 Å². The van der Waals surface area contributed by atoms with E-state index in [1.165, 1.54) is 16.7 Å². The predicted octanol–water partition coefficient (Wildman–Crippen LogP) is 5.15. The molecule has 2 rings (SSSR count). The summed E-state index contributed by atoms with van der Waals surface area (Å²) in [5.74, 6) is 0.0192. The van der Waals surface area contributed by atoms with Crippen LogP contribution in [0.25, 0.3) is 0 Å². The third-order valence-corrected chi connectivity index (χ3v) is 6.04. The van der Waals surface area contributed by atoms with Gasteiger partial charge in [-0.3, -0.25) is 4.79 Å². The smallest absolute Gasteiger partial charge is 0.309 e. The van der Waals surface area contributed by atoms with Crippen molar-refractivity contribution in [3.05, 3.63) is 34.9 Å². The summed E-state index contributed by atoms with van der Waals surface area (Å²) in [5.41, 5.74) is 3.41. The molecule has 1 N–H and O–H groups in total. The number of fused-ring (bicyclic) bond motifs is 1. The normalized spacial score (nSPS) is 25.1. The minimum Gasteiger partial charge on any atom is -0.481 e. The molecule has 1 aromatic rings. The summed E-state index contributed by atoms with van der Waals surface area (Å²) in [4.78, 5) is 11.8. The standard InChI is InChI=1S/C20H30O2/c1-7-20(6)16-10-8-14(13(2)3)12-15(16)9-11-17(20)19(4,5)18(21)22/h8,10,12-13,17H,7,9,11H2,1-6H3,(H,21,22)/t17-,20+/m0/s1. The molecule has 2 heteroatoms. The van der Waals surface area contributed by atoms with Crippen LogP contribution in [-0.4, -0.2) is 11.1 Å². The fourth-order valence-electron chi connectivity index (χ4n) is 4.29. The van der Waals surface area contributed by atoms with E-state index in [1.54, 1.807) is 0 Å². The number of aliphatic carboxylic acids is 1. The molecule has 0 amide bonds. The summed E-state index contributed by atoms with van der Waals surface area (Å²) in [6.07, 6.45) is 2.92. The number of rotatable bonds is 4. The van der Waals surface area contributed by atoms with Gasteiger partial charge in [0.05, 0.1) is 5.41 Å². The highest BCUT2D eigenvalue weighted by Crippen LogP contribution is 2.51. The fourth-order valence-corrected chi connectivity index (χ4v) is 4.29. The maximum absolute atomic E-state index is 11.8. The quantitative estimate of drug-likeness (QED) is 0.835. The molecule has 0 heterocycles. The first-order valence-electron chi connectivity index (χ1n) is 8.51. The van der Waals surface area contributed by atoms with Crippen LogP contribution in [0.4, 0.5) is 0 Å². The minimum absolute atomic E-state index is 0.0645. The van der Waals surface area contributed by atoms with Crippen molar-refractivity contribution in [2.45, 2.75) is 72.1 Å². The van der Waals surface area contributed by atoms with Crippen LogP contribution >= 0.6 is 0 Å². The summed E-state index contributed by atoms with van der Waals surface area (Å²) in [6.45, 7) is 12.7. The Bertz CT molecular complexity index is 571. The maximum Gasteiger partial charge on any atom is 0.309 e. The van der Waals surface area contributed by atoms with Crippen molar-refractivity contribution >= 4 is 5.97 Å². The lowest BCUT2D eigenvalue weighted by Crippen LogP contribution is -2.47. The van der Waals surface area contributed by atoms with Crippen molar-refractivity contribution in [2.24, 2.45) is 11.3 Å². The van der Waals surface area contributed by atoms with Crippen molar-refractivity contribution < 1.29 is 9.90 Å². The average Bonchev–Trinajstić information content (AvgIpc) is 2.46. The Morgan fingerprint density at radius 3 is 2.55 bits per heavy atom. The number of carbonyl (C=O) groups is 1. The Balaban J connectivity index is 2.53. The van der Waals surface area contributed by atoms with E-state index in [0.29, 0.717) is 5.92 Å². The zero-order valence-corrected chi connectivity index (χ0v) is 14.9. The number of carboxylic acid groups (broad SMARTS) is 1. The topological polar surface area (TPSA) is 37.3 Å². The lowest BCUT2D eigenvalue weighted by Gasteiger charge is -2.48. The second-order valence-corrected chi connectivity index (χ2v) is 7.96. The molecule has 0 aromatic heterocycles. The molecule has 22 heavy (non-hydrogen) atoms. The van der Waals surface area contributed by atoms with E-state index in [0.717, 1.165) is 19.3 Å². The summed E-state index contributed by atoms with van der Waals surface area (Å²) >= 11 is 0. The zero-order chi connectivity index (χ0) is 16.7. The lowest BCUT2D eigenvalue weighted by molar-refractivity contribution is -0.152. The molecule has 0 saturated carbocycles. The van der Waals surface area contributed by atoms with E-state index >= 15 is 0 Å². The van der Waals surface area contributed by atoms with E-state index in [-0.39, 0.29) is 11.3 Å². The third-order valence-electron chi connectivity index (χ3n) is 6.04. The third kappa shape index (κ3) is 2.57. The molecule has 122 valence electrons. The number of hydrogen-bond donors (Lipinski definition) is 1. The van der Waals surface area contributed by atoms with Gasteiger partial charge in [0, 0.05) is 0 Å². The Morgan fingerprint density at radius 1 is 1.41 bits per heavy atom. The monoisotopic (exact) mass is 302 g/mol. The molecule has 1 aliphatic rings. The van der Waals surface area contributed by atoms with Crippen LogP contribution in [0.15, 0.2) is 18.2 Å². The second-order valence-electron chi connectivity index (χ2n) is 7.96. The molecule has 0 saturated heterocycles. The van der Waals surface area contributed by atoms with E-state index in [4.69, 9.17) is 0 Å². The van der Waals surface area contributed by atoms with Crippen LogP contribution in [-0.2, 0) is 16.6 Å². The zero-order valence-electron chi connectivity index (χ0n) is 14.9. The van der Waals surface area contributed by atoms with Crippen molar-refractivity contribution in [3.8, 4) is 0 Å². The van der Waals surface area contributed by atoms with Gasteiger partial charge in [0.25, 0.3) is 0 Å². The molecule has 0 bridgehead atoms. The van der Waals surface area contributed by atoms with Crippen LogP contribution in [0.5, 0.6) is 0 Å². The fraction of sp³-hybridized carbons (Fsp3) is 0.650. The number of hydrogen-bond acceptors (Lipinski definition) is 1. The largest absolute Gasteiger partial charge is 0.481 e. The molecule has 1 aliphatic carbocycles. The molecule has 0 spiro atoms. The molecule has 0 fully saturated rings. The van der Waals surface area contributed by atoms with Gasteiger partial charge in [-0.1, -0.05) is 45.9 Å². The first-order valence-corrected chi connectivity index (χ1v) is 8.51. The second kappa shape index (κ2) is 5.72. The first-order chi connectivity index (χ1) is 10.1. The highest BCUT2D eigenvalue weighted by atomic mass is 16.4. The van der Waals surface area contributed by atoms with Crippen molar-refractivity contribution in [1.82, 2.24) is 0 Å².